The third-order valence-corrected chi connectivity index (χ3v) is 4.28. The molecular weight excluding hydrogens is 383 g/mol. The third kappa shape index (κ3) is 4.78. The highest BCUT2D eigenvalue weighted by atomic mass is 19.4. The third-order valence-electron chi connectivity index (χ3n) is 4.28. The number of rotatable bonds is 5. The number of hydrazone groups is 1. The Labute approximate surface area is 164 Å². The molecule has 8 heteroatoms. The van der Waals surface area contributed by atoms with Crippen molar-refractivity contribution in [2.75, 3.05) is 5.43 Å². The van der Waals surface area contributed by atoms with Gasteiger partial charge >= 0.3 is 6.18 Å². The van der Waals surface area contributed by atoms with Crippen LogP contribution >= 0.6 is 0 Å². The van der Waals surface area contributed by atoms with E-state index in [4.69, 9.17) is 0 Å². The van der Waals surface area contributed by atoms with Gasteiger partial charge in [0.05, 0.1) is 16.2 Å². The number of nitro benzene ring substituents is 1. The van der Waals surface area contributed by atoms with Crippen LogP contribution < -0.4 is 5.43 Å². The summed E-state index contributed by atoms with van der Waals surface area (Å²) >= 11 is 0. The molecule has 0 aliphatic rings. The maximum Gasteiger partial charge on any atom is 0.416 e. The number of nitrogens with zero attached hydrogens (tertiary/aromatic N) is 2. The van der Waals surface area contributed by atoms with Crippen molar-refractivity contribution in [1.29, 1.82) is 0 Å². The molecule has 0 radical (unpaired) electrons. The molecule has 0 saturated carbocycles. The van der Waals surface area contributed by atoms with Crippen LogP contribution in [0, 0.1) is 10.1 Å². The molecule has 5 nitrogen and oxygen atoms in total. The van der Waals surface area contributed by atoms with Gasteiger partial charge in [-0.25, -0.2) is 0 Å². The van der Waals surface area contributed by atoms with Crippen LogP contribution in [0.3, 0.4) is 0 Å². The summed E-state index contributed by atoms with van der Waals surface area (Å²) in [6.07, 6.45) is -4.66. The molecule has 0 atom stereocenters. The Morgan fingerprint density at radius 2 is 1.59 bits per heavy atom. The maximum absolute atomic E-state index is 12.8. The Balaban J connectivity index is 1.81. The highest BCUT2D eigenvalue weighted by Gasteiger charge is 2.33. The van der Waals surface area contributed by atoms with Gasteiger partial charge in [-0.1, -0.05) is 54.6 Å². The van der Waals surface area contributed by atoms with E-state index in [0.717, 1.165) is 28.8 Å². The first-order chi connectivity index (χ1) is 13.8. The predicted molar refractivity (Wildman–Crippen MR) is 106 cm³/mol. The molecule has 3 aromatic carbocycles. The summed E-state index contributed by atoms with van der Waals surface area (Å²) in [6, 6.07) is 19.6. The normalized spacial score (nSPS) is 11.9. The zero-order chi connectivity index (χ0) is 21.0. The van der Waals surface area contributed by atoms with E-state index in [0.29, 0.717) is 11.8 Å². The monoisotopic (exact) mass is 399 g/mol. The van der Waals surface area contributed by atoms with Crippen molar-refractivity contribution in [3.05, 3.63) is 94.0 Å². The Morgan fingerprint density at radius 1 is 0.966 bits per heavy atom. The van der Waals surface area contributed by atoms with Gasteiger partial charge in [0.2, 0.25) is 0 Å². The molecule has 0 bridgehead atoms. The average molecular weight is 399 g/mol. The van der Waals surface area contributed by atoms with Crippen LogP contribution in [0.2, 0.25) is 0 Å². The lowest BCUT2D eigenvalue weighted by atomic mass is 10.0. The van der Waals surface area contributed by atoms with Gasteiger partial charge in [-0.05, 0) is 35.7 Å². The predicted octanol–water partition coefficient (Wildman–Crippen LogP) is 6.12. The van der Waals surface area contributed by atoms with E-state index in [1.165, 1.54) is 0 Å². The van der Waals surface area contributed by atoms with Crippen LogP contribution in [0.4, 0.5) is 24.5 Å². The zero-order valence-corrected chi connectivity index (χ0v) is 15.3. The highest BCUT2D eigenvalue weighted by Crippen LogP contribution is 2.35. The lowest BCUT2D eigenvalue weighted by Gasteiger charge is -2.09. The number of alkyl halides is 3. The number of hydrogen-bond donors (Lipinski definition) is 1. The van der Waals surface area contributed by atoms with E-state index in [9.17, 15) is 23.3 Å². The van der Waals surface area contributed by atoms with Crippen LogP contribution in [0.1, 0.15) is 18.1 Å². The molecule has 0 aliphatic heterocycles. The van der Waals surface area contributed by atoms with Gasteiger partial charge in [0.1, 0.15) is 5.69 Å². The first-order valence-corrected chi connectivity index (χ1v) is 8.57. The summed E-state index contributed by atoms with van der Waals surface area (Å²) in [6.45, 7) is 1.69. The molecule has 0 saturated heterocycles. The van der Waals surface area contributed by atoms with Crippen LogP contribution in [0.25, 0.3) is 11.1 Å². The Morgan fingerprint density at radius 3 is 2.17 bits per heavy atom. The molecule has 0 spiro atoms. The summed E-state index contributed by atoms with van der Waals surface area (Å²) in [5, 5.41) is 15.2. The van der Waals surface area contributed by atoms with Gasteiger partial charge in [-0.2, -0.15) is 18.3 Å². The van der Waals surface area contributed by atoms with Crippen LogP contribution in [-0.2, 0) is 6.18 Å². The molecule has 0 amide bonds. The quantitative estimate of drug-likeness (QED) is 0.319. The van der Waals surface area contributed by atoms with Gasteiger partial charge < -0.3 is 0 Å². The SMILES string of the molecule is C/C(=N\Nc1ccc(C(F)(F)F)cc1[N+](=O)[O-])c1ccc(-c2ccccc2)cc1. The van der Waals surface area contributed by atoms with Crippen molar-refractivity contribution in [2.24, 2.45) is 5.10 Å². The molecule has 0 aromatic heterocycles. The minimum atomic E-state index is -4.66. The van der Waals surface area contributed by atoms with E-state index >= 15 is 0 Å². The highest BCUT2D eigenvalue weighted by molar-refractivity contribution is 5.99. The molecule has 29 heavy (non-hydrogen) atoms. The smallest absolute Gasteiger partial charge is 0.271 e. The minimum absolute atomic E-state index is 0.122. The topological polar surface area (TPSA) is 67.5 Å². The summed E-state index contributed by atoms with van der Waals surface area (Å²) in [4.78, 5) is 10.3. The summed E-state index contributed by atoms with van der Waals surface area (Å²) in [5.41, 5.74) is 3.97. The van der Waals surface area contributed by atoms with E-state index in [1.54, 1.807) is 6.92 Å². The Bertz CT molecular complexity index is 1050. The van der Waals surface area contributed by atoms with Gasteiger partial charge in [-0.3, -0.25) is 15.5 Å². The molecular formula is C21H16F3N3O2. The number of benzene rings is 3. The molecule has 0 unspecified atom stereocenters. The summed E-state index contributed by atoms with van der Waals surface area (Å²) in [7, 11) is 0. The fourth-order valence-corrected chi connectivity index (χ4v) is 2.70. The van der Waals surface area contributed by atoms with Crippen molar-refractivity contribution in [2.45, 2.75) is 13.1 Å². The molecule has 148 valence electrons. The number of nitrogens with one attached hydrogen (secondary N) is 1. The molecule has 3 aromatic rings. The largest absolute Gasteiger partial charge is 0.416 e. The van der Waals surface area contributed by atoms with Crippen molar-refractivity contribution in [3.8, 4) is 11.1 Å². The number of nitro groups is 1. The number of anilines is 1. The van der Waals surface area contributed by atoms with Crippen LogP contribution in [0.15, 0.2) is 77.9 Å². The van der Waals surface area contributed by atoms with Crippen molar-refractivity contribution < 1.29 is 18.1 Å². The first kappa shape index (κ1) is 20.1. The van der Waals surface area contributed by atoms with Gasteiger partial charge in [0.25, 0.3) is 5.69 Å². The van der Waals surface area contributed by atoms with E-state index in [1.807, 2.05) is 54.6 Å². The average Bonchev–Trinajstić information content (AvgIpc) is 2.72. The second kappa shape index (κ2) is 8.14. The second-order valence-electron chi connectivity index (χ2n) is 6.24. The first-order valence-electron chi connectivity index (χ1n) is 8.57. The van der Waals surface area contributed by atoms with Crippen molar-refractivity contribution >= 4 is 17.1 Å². The van der Waals surface area contributed by atoms with Crippen molar-refractivity contribution in [3.63, 3.8) is 0 Å². The van der Waals surface area contributed by atoms with Gasteiger partial charge in [0.15, 0.2) is 0 Å². The van der Waals surface area contributed by atoms with Crippen molar-refractivity contribution in [1.82, 2.24) is 0 Å². The second-order valence-corrected chi connectivity index (χ2v) is 6.24. The minimum Gasteiger partial charge on any atom is -0.271 e. The lowest BCUT2D eigenvalue weighted by Crippen LogP contribution is -2.07. The number of hydrogen-bond acceptors (Lipinski definition) is 4. The summed E-state index contributed by atoms with van der Waals surface area (Å²) < 4.78 is 38.3. The summed E-state index contributed by atoms with van der Waals surface area (Å²) in [5.74, 6) is 0. The molecule has 0 fully saturated rings. The van der Waals surface area contributed by atoms with Crippen LogP contribution in [-0.4, -0.2) is 10.6 Å². The van der Waals surface area contributed by atoms with E-state index in [-0.39, 0.29) is 5.69 Å². The zero-order valence-electron chi connectivity index (χ0n) is 15.3. The standard InChI is InChI=1S/C21H16F3N3O2/c1-14(15-7-9-17(10-8-15)16-5-3-2-4-6-16)25-26-19-12-11-18(21(22,23)24)13-20(19)27(28)29/h2-13,26H,1H3/b25-14+. The fraction of sp³-hybridized carbons (Fsp3) is 0.0952. The Kier molecular flexibility index (Phi) is 5.63. The fourth-order valence-electron chi connectivity index (χ4n) is 2.70. The van der Waals surface area contributed by atoms with Gasteiger partial charge in [-0.15, -0.1) is 0 Å². The van der Waals surface area contributed by atoms with E-state index in [2.05, 4.69) is 10.5 Å². The lowest BCUT2D eigenvalue weighted by molar-refractivity contribution is -0.384. The maximum atomic E-state index is 12.8. The molecule has 1 N–H and O–H groups in total. The molecule has 0 heterocycles. The molecule has 0 aliphatic carbocycles. The van der Waals surface area contributed by atoms with Crippen LogP contribution in [0.5, 0.6) is 0 Å². The van der Waals surface area contributed by atoms with E-state index < -0.39 is 22.4 Å². The number of halogens is 3. The molecule has 3 rings (SSSR count). The van der Waals surface area contributed by atoms with Gasteiger partial charge in [0, 0.05) is 6.07 Å². The Hall–Kier alpha value is -3.68.